The van der Waals surface area contributed by atoms with E-state index in [2.05, 4.69) is 39.1 Å². The van der Waals surface area contributed by atoms with Crippen molar-refractivity contribution in [3.63, 3.8) is 0 Å². The van der Waals surface area contributed by atoms with E-state index >= 15 is 0 Å². The maximum atomic E-state index is 4.61. The summed E-state index contributed by atoms with van der Waals surface area (Å²) in [5.41, 5.74) is 1.12. The topological polar surface area (TPSA) is 42.7 Å². The average molecular weight is 250 g/mol. The number of aryl methyl sites for hydroxylation is 1. The van der Waals surface area contributed by atoms with Gasteiger partial charge in [0.05, 0.1) is 12.2 Å². The SMILES string of the molecule is CCNCc1nc(Cn2ccnc2CC)cs1. The molecule has 0 saturated carbocycles. The van der Waals surface area contributed by atoms with E-state index in [4.69, 9.17) is 0 Å². The smallest absolute Gasteiger partial charge is 0.108 e. The molecule has 0 radical (unpaired) electrons. The molecule has 0 aliphatic carbocycles. The summed E-state index contributed by atoms with van der Waals surface area (Å²) < 4.78 is 2.16. The van der Waals surface area contributed by atoms with Crippen molar-refractivity contribution in [1.29, 1.82) is 0 Å². The van der Waals surface area contributed by atoms with E-state index in [9.17, 15) is 0 Å². The summed E-state index contributed by atoms with van der Waals surface area (Å²) >= 11 is 1.72. The van der Waals surface area contributed by atoms with Crippen LogP contribution in [0.5, 0.6) is 0 Å². The number of hydrogen-bond donors (Lipinski definition) is 1. The zero-order valence-electron chi connectivity index (χ0n) is 10.3. The lowest BCUT2D eigenvalue weighted by Crippen LogP contribution is -2.11. The fourth-order valence-electron chi connectivity index (χ4n) is 1.71. The Hall–Kier alpha value is -1.20. The number of hydrogen-bond acceptors (Lipinski definition) is 4. The van der Waals surface area contributed by atoms with Crippen molar-refractivity contribution in [2.45, 2.75) is 33.4 Å². The van der Waals surface area contributed by atoms with Gasteiger partial charge in [-0.15, -0.1) is 11.3 Å². The van der Waals surface area contributed by atoms with Crippen molar-refractivity contribution in [1.82, 2.24) is 19.9 Å². The monoisotopic (exact) mass is 250 g/mol. The summed E-state index contributed by atoms with van der Waals surface area (Å²) in [4.78, 5) is 8.92. The van der Waals surface area contributed by atoms with Crippen molar-refractivity contribution in [2.24, 2.45) is 0 Å². The molecule has 0 aliphatic heterocycles. The Morgan fingerprint density at radius 1 is 1.41 bits per heavy atom. The van der Waals surface area contributed by atoms with Crippen molar-refractivity contribution in [2.75, 3.05) is 6.54 Å². The highest BCUT2D eigenvalue weighted by Gasteiger charge is 2.05. The van der Waals surface area contributed by atoms with Crippen LogP contribution in [0.15, 0.2) is 17.8 Å². The van der Waals surface area contributed by atoms with Gasteiger partial charge in [-0.1, -0.05) is 13.8 Å². The Morgan fingerprint density at radius 2 is 2.29 bits per heavy atom. The lowest BCUT2D eigenvalue weighted by molar-refractivity contribution is 0.699. The zero-order chi connectivity index (χ0) is 12.1. The summed E-state index contributed by atoms with van der Waals surface area (Å²) in [6.07, 6.45) is 4.83. The quantitative estimate of drug-likeness (QED) is 0.853. The van der Waals surface area contributed by atoms with Gasteiger partial charge in [-0.25, -0.2) is 9.97 Å². The number of aromatic nitrogens is 3. The van der Waals surface area contributed by atoms with Gasteiger partial charge in [0.1, 0.15) is 10.8 Å². The molecule has 2 heterocycles. The summed E-state index contributed by atoms with van der Waals surface area (Å²) in [6.45, 7) is 6.90. The molecule has 2 aromatic rings. The molecule has 5 heteroatoms. The van der Waals surface area contributed by atoms with Crippen LogP contribution < -0.4 is 5.32 Å². The maximum absolute atomic E-state index is 4.61. The molecule has 2 rings (SSSR count). The third-order valence-electron chi connectivity index (χ3n) is 2.58. The molecule has 0 saturated heterocycles. The molecule has 4 nitrogen and oxygen atoms in total. The Morgan fingerprint density at radius 3 is 3.06 bits per heavy atom. The fourth-order valence-corrected chi connectivity index (χ4v) is 2.46. The molecule has 0 aliphatic rings. The van der Waals surface area contributed by atoms with Gasteiger partial charge in [-0.05, 0) is 6.54 Å². The molecule has 0 bridgehead atoms. The first-order valence-corrected chi connectivity index (χ1v) is 6.85. The molecular weight excluding hydrogens is 232 g/mol. The molecule has 1 N–H and O–H groups in total. The minimum Gasteiger partial charge on any atom is -0.329 e. The van der Waals surface area contributed by atoms with Crippen molar-refractivity contribution in [3.8, 4) is 0 Å². The van der Waals surface area contributed by atoms with E-state index in [-0.39, 0.29) is 0 Å². The highest BCUT2D eigenvalue weighted by molar-refractivity contribution is 7.09. The summed E-state index contributed by atoms with van der Waals surface area (Å²) in [7, 11) is 0. The van der Waals surface area contributed by atoms with Crippen LogP contribution >= 0.6 is 11.3 Å². The molecule has 0 aromatic carbocycles. The van der Waals surface area contributed by atoms with Gasteiger partial charge in [0.15, 0.2) is 0 Å². The Balaban J connectivity index is 2.01. The van der Waals surface area contributed by atoms with E-state index in [1.54, 1.807) is 11.3 Å². The van der Waals surface area contributed by atoms with Crippen LogP contribution in [-0.4, -0.2) is 21.1 Å². The largest absolute Gasteiger partial charge is 0.329 e. The number of nitrogens with zero attached hydrogens (tertiary/aromatic N) is 3. The van der Waals surface area contributed by atoms with Gasteiger partial charge in [0, 0.05) is 30.7 Å². The van der Waals surface area contributed by atoms with E-state index in [1.807, 2.05) is 12.4 Å². The van der Waals surface area contributed by atoms with Crippen LogP contribution in [0.1, 0.15) is 30.4 Å². The van der Waals surface area contributed by atoms with Crippen LogP contribution in [0.3, 0.4) is 0 Å². The van der Waals surface area contributed by atoms with Crippen LogP contribution in [0, 0.1) is 0 Å². The molecular formula is C12H18N4S. The summed E-state index contributed by atoms with van der Waals surface area (Å²) in [5.74, 6) is 1.12. The molecule has 0 atom stereocenters. The molecule has 92 valence electrons. The predicted octanol–water partition coefficient (Wildman–Crippen LogP) is 2.06. The van der Waals surface area contributed by atoms with Gasteiger partial charge >= 0.3 is 0 Å². The van der Waals surface area contributed by atoms with Crippen LogP contribution in [0.2, 0.25) is 0 Å². The Bertz CT molecular complexity index is 461. The van der Waals surface area contributed by atoms with E-state index < -0.39 is 0 Å². The van der Waals surface area contributed by atoms with E-state index in [1.165, 1.54) is 0 Å². The van der Waals surface area contributed by atoms with Gasteiger partial charge < -0.3 is 9.88 Å². The maximum Gasteiger partial charge on any atom is 0.108 e. The van der Waals surface area contributed by atoms with Crippen molar-refractivity contribution >= 4 is 11.3 Å². The van der Waals surface area contributed by atoms with Gasteiger partial charge in [-0.3, -0.25) is 0 Å². The fraction of sp³-hybridized carbons (Fsp3) is 0.500. The number of imidazole rings is 1. The second-order valence-electron chi connectivity index (χ2n) is 3.84. The van der Waals surface area contributed by atoms with Crippen molar-refractivity contribution in [3.05, 3.63) is 34.3 Å². The van der Waals surface area contributed by atoms with Crippen LogP contribution in [-0.2, 0) is 19.5 Å². The third-order valence-corrected chi connectivity index (χ3v) is 3.47. The first-order valence-electron chi connectivity index (χ1n) is 5.97. The van der Waals surface area contributed by atoms with Crippen molar-refractivity contribution < 1.29 is 0 Å². The van der Waals surface area contributed by atoms with Crippen LogP contribution in [0.4, 0.5) is 0 Å². The average Bonchev–Trinajstić information content (AvgIpc) is 2.96. The summed E-state index contributed by atoms with van der Waals surface area (Å²) in [6, 6.07) is 0. The standard InChI is InChI=1S/C12H18N4S/c1-3-11-14-5-6-16(11)8-10-9-17-12(15-10)7-13-4-2/h5-6,9,13H,3-4,7-8H2,1-2H3. The second-order valence-corrected chi connectivity index (χ2v) is 4.78. The Kier molecular flexibility index (Phi) is 4.28. The molecule has 0 amide bonds. The molecule has 0 unspecified atom stereocenters. The van der Waals surface area contributed by atoms with Crippen LogP contribution in [0.25, 0.3) is 0 Å². The number of rotatable bonds is 6. The molecule has 17 heavy (non-hydrogen) atoms. The molecule has 2 aromatic heterocycles. The first-order chi connectivity index (χ1) is 8.33. The highest BCUT2D eigenvalue weighted by Crippen LogP contribution is 2.12. The minimum absolute atomic E-state index is 0.825. The molecule has 0 spiro atoms. The lowest BCUT2D eigenvalue weighted by Gasteiger charge is -2.03. The van der Waals surface area contributed by atoms with E-state index in [0.717, 1.165) is 42.6 Å². The predicted molar refractivity (Wildman–Crippen MR) is 70.2 cm³/mol. The second kappa shape index (κ2) is 5.93. The van der Waals surface area contributed by atoms with Gasteiger partial charge in [0.25, 0.3) is 0 Å². The third kappa shape index (κ3) is 3.14. The molecule has 0 fully saturated rings. The Labute approximate surface area is 106 Å². The minimum atomic E-state index is 0.825. The van der Waals surface area contributed by atoms with E-state index in [0.29, 0.717) is 0 Å². The number of thiazole rings is 1. The first kappa shape index (κ1) is 12.3. The zero-order valence-corrected chi connectivity index (χ0v) is 11.1. The summed E-state index contributed by atoms with van der Waals surface area (Å²) in [5, 5.41) is 6.57. The number of nitrogens with one attached hydrogen (secondary N) is 1. The normalized spacial score (nSPS) is 10.9. The lowest BCUT2D eigenvalue weighted by atomic mass is 10.4. The van der Waals surface area contributed by atoms with Gasteiger partial charge in [-0.2, -0.15) is 0 Å². The highest BCUT2D eigenvalue weighted by atomic mass is 32.1. The van der Waals surface area contributed by atoms with Gasteiger partial charge in [0.2, 0.25) is 0 Å².